The fourth-order valence-electron chi connectivity index (χ4n) is 1.80. The van der Waals surface area contributed by atoms with Crippen molar-refractivity contribution in [3.63, 3.8) is 0 Å². The summed E-state index contributed by atoms with van der Waals surface area (Å²) in [6.45, 7) is 6.29. The first kappa shape index (κ1) is 15.4. The van der Waals surface area contributed by atoms with E-state index in [1.54, 1.807) is 0 Å². The van der Waals surface area contributed by atoms with E-state index in [0.29, 0.717) is 39.5 Å². The molecule has 6 nitrogen and oxygen atoms in total. The topological polar surface area (TPSA) is 71.0 Å². The third-order valence-electron chi connectivity index (χ3n) is 2.84. The second-order valence-electron chi connectivity index (χ2n) is 4.30. The second kappa shape index (κ2) is 9.27. The van der Waals surface area contributed by atoms with E-state index in [-0.39, 0.29) is 18.6 Å². The molecular weight excluding hydrogens is 236 g/mol. The zero-order chi connectivity index (χ0) is 13.2. The highest BCUT2D eigenvalue weighted by atomic mass is 16.5. The monoisotopic (exact) mass is 260 g/mol. The SMILES string of the molecule is CC(NCCCOCCO)C(=O)N1CCOCC1. The Morgan fingerprint density at radius 3 is 2.83 bits per heavy atom. The van der Waals surface area contributed by atoms with Crippen LogP contribution in [0.2, 0.25) is 0 Å². The number of aliphatic hydroxyl groups excluding tert-OH is 1. The molecule has 1 unspecified atom stereocenters. The lowest BCUT2D eigenvalue weighted by molar-refractivity contribution is -0.137. The molecule has 0 spiro atoms. The molecule has 1 saturated heterocycles. The van der Waals surface area contributed by atoms with Crippen molar-refractivity contribution in [1.29, 1.82) is 0 Å². The minimum absolute atomic E-state index is 0.0549. The molecule has 1 rings (SSSR count). The maximum absolute atomic E-state index is 12.0. The Hall–Kier alpha value is -0.690. The number of rotatable bonds is 8. The van der Waals surface area contributed by atoms with Crippen LogP contribution in [0.3, 0.4) is 0 Å². The Labute approximate surface area is 108 Å². The van der Waals surface area contributed by atoms with Crippen LogP contribution in [0.4, 0.5) is 0 Å². The first-order valence-electron chi connectivity index (χ1n) is 6.54. The van der Waals surface area contributed by atoms with Gasteiger partial charge < -0.3 is 24.8 Å². The molecule has 1 heterocycles. The number of amides is 1. The van der Waals surface area contributed by atoms with Gasteiger partial charge in [0, 0.05) is 19.7 Å². The van der Waals surface area contributed by atoms with E-state index in [4.69, 9.17) is 14.6 Å². The number of ether oxygens (including phenoxy) is 2. The summed E-state index contributed by atoms with van der Waals surface area (Å²) in [5.41, 5.74) is 0. The molecule has 0 aromatic heterocycles. The molecule has 18 heavy (non-hydrogen) atoms. The van der Waals surface area contributed by atoms with Crippen molar-refractivity contribution in [2.75, 3.05) is 52.7 Å². The van der Waals surface area contributed by atoms with Gasteiger partial charge in [0.15, 0.2) is 0 Å². The van der Waals surface area contributed by atoms with Gasteiger partial charge in [-0.25, -0.2) is 0 Å². The van der Waals surface area contributed by atoms with E-state index in [9.17, 15) is 4.79 Å². The number of hydrogen-bond donors (Lipinski definition) is 2. The summed E-state index contributed by atoms with van der Waals surface area (Å²) < 4.78 is 10.4. The van der Waals surface area contributed by atoms with Crippen molar-refractivity contribution in [1.82, 2.24) is 10.2 Å². The van der Waals surface area contributed by atoms with Crippen LogP contribution in [0.1, 0.15) is 13.3 Å². The Morgan fingerprint density at radius 1 is 1.44 bits per heavy atom. The summed E-state index contributed by atoms with van der Waals surface area (Å²) in [4.78, 5) is 13.8. The van der Waals surface area contributed by atoms with Gasteiger partial charge in [0.2, 0.25) is 5.91 Å². The van der Waals surface area contributed by atoms with Crippen LogP contribution in [0.15, 0.2) is 0 Å². The second-order valence-corrected chi connectivity index (χ2v) is 4.30. The van der Waals surface area contributed by atoms with E-state index in [1.807, 2.05) is 11.8 Å². The molecule has 0 radical (unpaired) electrons. The summed E-state index contributed by atoms with van der Waals surface area (Å²) in [6.07, 6.45) is 0.834. The smallest absolute Gasteiger partial charge is 0.239 e. The molecule has 0 aliphatic carbocycles. The van der Waals surface area contributed by atoms with E-state index in [1.165, 1.54) is 0 Å². The number of hydrogen-bond acceptors (Lipinski definition) is 5. The van der Waals surface area contributed by atoms with Crippen LogP contribution in [-0.4, -0.2) is 74.6 Å². The van der Waals surface area contributed by atoms with Gasteiger partial charge in [0.1, 0.15) is 0 Å². The van der Waals surface area contributed by atoms with E-state index in [2.05, 4.69) is 5.32 Å². The van der Waals surface area contributed by atoms with E-state index in [0.717, 1.165) is 13.0 Å². The third kappa shape index (κ3) is 5.77. The van der Waals surface area contributed by atoms with Crippen LogP contribution in [-0.2, 0) is 14.3 Å². The molecule has 106 valence electrons. The highest BCUT2D eigenvalue weighted by molar-refractivity contribution is 5.81. The third-order valence-corrected chi connectivity index (χ3v) is 2.84. The molecule has 1 atom stereocenters. The Morgan fingerprint density at radius 2 is 2.17 bits per heavy atom. The number of nitrogens with zero attached hydrogens (tertiary/aromatic N) is 1. The molecule has 1 aliphatic rings. The van der Waals surface area contributed by atoms with Crippen molar-refractivity contribution in [3.05, 3.63) is 0 Å². The van der Waals surface area contributed by atoms with Gasteiger partial charge >= 0.3 is 0 Å². The van der Waals surface area contributed by atoms with Crippen LogP contribution in [0.5, 0.6) is 0 Å². The lowest BCUT2D eigenvalue weighted by atomic mass is 10.2. The number of carbonyl (C=O) groups is 1. The van der Waals surface area contributed by atoms with Gasteiger partial charge in [0.25, 0.3) is 0 Å². The lowest BCUT2D eigenvalue weighted by Gasteiger charge is -2.29. The largest absolute Gasteiger partial charge is 0.394 e. The lowest BCUT2D eigenvalue weighted by Crippen LogP contribution is -2.49. The Balaban J connectivity index is 2.07. The molecule has 0 bridgehead atoms. The molecule has 0 aromatic rings. The van der Waals surface area contributed by atoms with Crippen molar-refractivity contribution < 1.29 is 19.4 Å². The molecule has 1 fully saturated rings. The minimum Gasteiger partial charge on any atom is -0.394 e. The van der Waals surface area contributed by atoms with Crippen LogP contribution >= 0.6 is 0 Å². The number of aliphatic hydroxyl groups is 1. The fraction of sp³-hybridized carbons (Fsp3) is 0.917. The van der Waals surface area contributed by atoms with Crippen molar-refractivity contribution in [2.45, 2.75) is 19.4 Å². The molecule has 0 aromatic carbocycles. The van der Waals surface area contributed by atoms with Gasteiger partial charge in [-0.3, -0.25) is 4.79 Å². The van der Waals surface area contributed by atoms with Crippen LogP contribution < -0.4 is 5.32 Å². The van der Waals surface area contributed by atoms with Gasteiger partial charge in [-0.2, -0.15) is 0 Å². The zero-order valence-electron chi connectivity index (χ0n) is 11.1. The molecule has 2 N–H and O–H groups in total. The van der Waals surface area contributed by atoms with Gasteiger partial charge in [-0.05, 0) is 19.9 Å². The van der Waals surface area contributed by atoms with E-state index < -0.39 is 0 Å². The normalized spacial score (nSPS) is 17.8. The van der Waals surface area contributed by atoms with Gasteiger partial charge in [-0.1, -0.05) is 0 Å². The quantitative estimate of drug-likeness (QED) is 0.560. The fourth-order valence-corrected chi connectivity index (χ4v) is 1.80. The van der Waals surface area contributed by atoms with E-state index >= 15 is 0 Å². The summed E-state index contributed by atoms with van der Waals surface area (Å²) in [7, 11) is 0. The zero-order valence-corrected chi connectivity index (χ0v) is 11.1. The average Bonchev–Trinajstić information content (AvgIpc) is 2.42. The molecule has 1 aliphatic heterocycles. The molecule has 1 amide bonds. The Bertz CT molecular complexity index is 232. The average molecular weight is 260 g/mol. The summed E-state index contributed by atoms with van der Waals surface area (Å²) in [5.74, 6) is 0.134. The maximum Gasteiger partial charge on any atom is 0.239 e. The predicted molar refractivity (Wildman–Crippen MR) is 67.4 cm³/mol. The summed E-state index contributed by atoms with van der Waals surface area (Å²) >= 11 is 0. The van der Waals surface area contributed by atoms with Crippen LogP contribution in [0, 0.1) is 0 Å². The van der Waals surface area contributed by atoms with Gasteiger partial charge in [0.05, 0.1) is 32.5 Å². The molecule has 0 saturated carbocycles. The highest BCUT2D eigenvalue weighted by Crippen LogP contribution is 2.00. The highest BCUT2D eigenvalue weighted by Gasteiger charge is 2.21. The molecular formula is C12H24N2O4. The van der Waals surface area contributed by atoms with Crippen molar-refractivity contribution in [2.24, 2.45) is 0 Å². The van der Waals surface area contributed by atoms with Crippen LogP contribution in [0.25, 0.3) is 0 Å². The first-order chi connectivity index (χ1) is 8.75. The number of carbonyl (C=O) groups excluding carboxylic acids is 1. The summed E-state index contributed by atoms with van der Waals surface area (Å²) in [6, 6.07) is -0.166. The number of nitrogens with one attached hydrogen (secondary N) is 1. The van der Waals surface area contributed by atoms with Crippen molar-refractivity contribution >= 4 is 5.91 Å². The summed E-state index contributed by atoms with van der Waals surface area (Å²) in [5, 5.41) is 11.7. The Kier molecular flexibility index (Phi) is 7.91. The minimum atomic E-state index is -0.166. The van der Waals surface area contributed by atoms with Crippen molar-refractivity contribution in [3.8, 4) is 0 Å². The standard InChI is InChI=1S/C12H24N2O4/c1-11(13-3-2-7-17-10-6-15)12(16)14-4-8-18-9-5-14/h11,13,15H,2-10H2,1H3. The first-order valence-corrected chi connectivity index (χ1v) is 6.54. The number of morpholine rings is 1. The maximum atomic E-state index is 12.0. The predicted octanol–water partition coefficient (Wildman–Crippen LogP) is -0.778. The molecule has 6 heteroatoms. The van der Waals surface area contributed by atoms with Gasteiger partial charge in [-0.15, -0.1) is 0 Å².